The zero-order valence-electron chi connectivity index (χ0n) is 21.2. The second-order valence-corrected chi connectivity index (χ2v) is 9.98. The molecule has 0 amide bonds. The van der Waals surface area contributed by atoms with Gasteiger partial charge < -0.3 is 9.64 Å². The van der Waals surface area contributed by atoms with Crippen molar-refractivity contribution in [1.29, 1.82) is 0 Å². The van der Waals surface area contributed by atoms with Crippen LogP contribution in [-0.2, 0) is 9.53 Å². The number of hydrogen-bond donors (Lipinski definition) is 0. The molecule has 0 aliphatic carbocycles. The Kier molecular flexibility index (Phi) is 7.07. The molecule has 0 saturated heterocycles. The van der Waals surface area contributed by atoms with Gasteiger partial charge in [0.1, 0.15) is 5.82 Å². The first-order chi connectivity index (χ1) is 18.4. The molecule has 0 fully saturated rings. The standard InChI is InChI=1S/C30H26FN3O3S/c1-4-37-29(36)25-26(20-8-6-5-7-9-20)32-30-34(27(25)21-12-14-22(31)15-13-21)28(35)24(38-30)18-19-10-16-23(17-11-19)33(2)3/h5-18,27H,4H2,1-3H3/b24-18-/t27-/m0/s1. The first-order valence-electron chi connectivity index (χ1n) is 12.2. The average molecular weight is 528 g/mol. The van der Waals surface area contributed by atoms with Gasteiger partial charge in [-0.3, -0.25) is 9.36 Å². The summed E-state index contributed by atoms with van der Waals surface area (Å²) in [7, 11) is 3.93. The highest BCUT2D eigenvalue weighted by atomic mass is 32.1. The van der Waals surface area contributed by atoms with Crippen LogP contribution < -0.4 is 19.8 Å². The van der Waals surface area contributed by atoms with Gasteiger partial charge in [0.25, 0.3) is 5.56 Å². The van der Waals surface area contributed by atoms with E-state index in [0.717, 1.165) is 16.8 Å². The summed E-state index contributed by atoms with van der Waals surface area (Å²) in [5.41, 5.74) is 3.60. The first kappa shape index (κ1) is 25.4. The molecule has 192 valence electrons. The molecule has 5 rings (SSSR count). The normalized spacial score (nSPS) is 15.2. The van der Waals surface area contributed by atoms with Gasteiger partial charge in [0.2, 0.25) is 0 Å². The molecule has 0 radical (unpaired) electrons. The monoisotopic (exact) mass is 527 g/mol. The molecule has 1 atom stereocenters. The third-order valence-corrected chi connectivity index (χ3v) is 7.25. The first-order valence-corrected chi connectivity index (χ1v) is 13.0. The predicted molar refractivity (Wildman–Crippen MR) is 148 cm³/mol. The Bertz CT molecular complexity index is 1690. The number of benzene rings is 3. The summed E-state index contributed by atoms with van der Waals surface area (Å²) < 4.78 is 21.3. The highest BCUT2D eigenvalue weighted by Crippen LogP contribution is 2.35. The lowest BCUT2D eigenvalue weighted by atomic mass is 9.93. The van der Waals surface area contributed by atoms with Crippen molar-refractivity contribution >= 4 is 34.8 Å². The van der Waals surface area contributed by atoms with Crippen molar-refractivity contribution in [2.45, 2.75) is 13.0 Å². The Morgan fingerprint density at radius 1 is 1.05 bits per heavy atom. The third-order valence-electron chi connectivity index (χ3n) is 6.27. The number of rotatable bonds is 6. The van der Waals surface area contributed by atoms with Crippen LogP contribution in [0.3, 0.4) is 0 Å². The van der Waals surface area contributed by atoms with Gasteiger partial charge in [0, 0.05) is 25.3 Å². The molecular formula is C30H26FN3O3S. The summed E-state index contributed by atoms with van der Waals surface area (Å²) in [6.45, 7) is 1.89. The van der Waals surface area contributed by atoms with E-state index in [2.05, 4.69) is 0 Å². The van der Waals surface area contributed by atoms with Crippen LogP contribution in [0, 0.1) is 5.82 Å². The van der Waals surface area contributed by atoms with Gasteiger partial charge in [-0.15, -0.1) is 0 Å². The number of esters is 1. The van der Waals surface area contributed by atoms with E-state index >= 15 is 0 Å². The molecule has 1 aliphatic rings. The summed E-state index contributed by atoms with van der Waals surface area (Å²) in [4.78, 5) is 34.5. The van der Waals surface area contributed by atoms with Crippen molar-refractivity contribution in [2.24, 2.45) is 4.99 Å². The van der Waals surface area contributed by atoms with Gasteiger partial charge in [-0.05, 0) is 48.4 Å². The highest BCUT2D eigenvalue weighted by molar-refractivity contribution is 7.07. The number of nitrogens with zero attached hydrogens (tertiary/aromatic N) is 3. The van der Waals surface area contributed by atoms with E-state index in [-0.39, 0.29) is 17.7 Å². The van der Waals surface area contributed by atoms with Gasteiger partial charge in [-0.1, -0.05) is 65.9 Å². The molecule has 0 saturated carbocycles. The van der Waals surface area contributed by atoms with E-state index in [9.17, 15) is 14.0 Å². The number of carbonyl (C=O) groups excluding carboxylic acids is 1. The number of carbonyl (C=O) groups is 1. The van der Waals surface area contributed by atoms with E-state index in [4.69, 9.17) is 9.73 Å². The van der Waals surface area contributed by atoms with Crippen LogP contribution in [0.2, 0.25) is 0 Å². The van der Waals surface area contributed by atoms with Crippen LogP contribution in [0.1, 0.15) is 29.7 Å². The molecule has 8 heteroatoms. The van der Waals surface area contributed by atoms with Crippen LogP contribution in [0.4, 0.5) is 10.1 Å². The lowest BCUT2D eigenvalue weighted by molar-refractivity contribution is -0.138. The fourth-order valence-corrected chi connectivity index (χ4v) is 5.42. The summed E-state index contributed by atoms with van der Waals surface area (Å²) in [5.74, 6) is -0.981. The Balaban J connectivity index is 1.78. The maximum atomic E-state index is 13.9. The van der Waals surface area contributed by atoms with Gasteiger partial charge in [-0.2, -0.15) is 0 Å². The smallest absolute Gasteiger partial charge is 0.338 e. The maximum Gasteiger partial charge on any atom is 0.338 e. The highest BCUT2D eigenvalue weighted by Gasteiger charge is 2.35. The summed E-state index contributed by atoms with van der Waals surface area (Å²) in [5, 5.41) is 0. The number of hydrogen-bond acceptors (Lipinski definition) is 6. The molecule has 38 heavy (non-hydrogen) atoms. The fraction of sp³-hybridized carbons (Fsp3) is 0.167. The van der Waals surface area contributed by atoms with Gasteiger partial charge in [0.05, 0.1) is 28.5 Å². The minimum Gasteiger partial charge on any atom is -0.463 e. The number of fused-ring (bicyclic) bond motifs is 1. The minimum absolute atomic E-state index is 0.161. The number of thiazole rings is 1. The zero-order valence-corrected chi connectivity index (χ0v) is 22.0. The SMILES string of the molecule is CCOC(=O)C1=C(c2ccccc2)N=c2s/c(=C\c3ccc(N(C)C)cc3)c(=O)n2[C@H]1c1ccc(F)cc1. The van der Waals surface area contributed by atoms with E-state index in [0.29, 0.717) is 20.6 Å². The maximum absolute atomic E-state index is 13.9. The number of halogens is 1. The quantitative estimate of drug-likeness (QED) is 0.354. The lowest BCUT2D eigenvalue weighted by Gasteiger charge is -2.25. The molecule has 4 aromatic rings. The number of ether oxygens (including phenoxy) is 1. The van der Waals surface area contributed by atoms with Crippen molar-refractivity contribution in [3.63, 3.8) is 0 Å². The minimum atomic E-state index is -0.834. The van der Waals surface area contributed by atoms with Crippen LogP contribution in [0.25, 0.3) is 11.8 Å². The van der Waals surface area contributed by atoms with E-state index in [1.165, 1.54) is 28.0 Å². The third kappa shape index (κ3) is 4.82. The zero-order chi connectivity index (χ0) is 26.8. The lowest BCUT2D eigenvalue weighted by Crippen LogP contribution is -2.40. The molecular weight excluding hydrogens is 501 g/mol. The van der Waals surface area contributed by atoms with Crippen molar-refractivity contribution in [3.8, 4) is 0 Å². The van der Waals surface area contributed by atoms with E-state index in [1.54, 1.807) is 19.1 Å². The molecule has 0 N–H and O–H groups in total. The topological polar surface area (TPSA) is 63.9 Å². The molecule has 0 unspecified atom stereocenters. The summed E-state index contributed by atoms with van der Waals surface area (Å²) >= 11 is 1.25. The van der Waals surface area contributed by atoms with Crippen molar-refractivity contribution in [3.05, 3.63) is 127 Å². The summed E-state index contributed by atoms with van der Waals surface area (Å²) in [6, 6.07) is 22.2. The van der Waals surface area contributed by atoms with Gasteiger partial charge in [-0.25, -0.2) is 14.2 Å². The second-order valence-electron chi connectivity index (χ2n) is 8.97. The molecule has 1 aliphatic heterocycles. The van der Waals surface area contributed by atoms with Gasteiger partial charge >= 0.3 is 5.97 Å². The van der Waals surface area contributed by atoms with Crippen molar-refractivity contribution in [1.82, 2.24) is 4.57 Å². The second kappa shape index (κ2) is 10.6. The fourth-order valence-electron chi connectivity index (χ4n) is 4.42. The van der Waals surface area contributed by atoms with Crippen molar-refractivity contribution < 1.29 is 13.9 Å². The molecule has 2 heterocycles. The van der Waals surface area contributed by atoms with Crippen LogP contribution >= 0.6 is 11.3 Å². The molecule has 0 spiro atoms. The largest absolute Gasteiger partial charge is 0.463 e. The van der Waals surface area contributed by atoms with Crippen LogP contribution in [0.15, 0.2) is 94.2 Å². The number of aromatic nitrogens is 1. The molecule has 1 aromatic heterocycles. The predicted octanol–water partition coefficient (Wildman–Crippen LogP) is 4.14. The molecule has 0 bridgehead atoms. The summed E-state index contributed by atoms with van der Waals surface area (Å²) in [6.07, 6.45) is 1.82. The van der Waals surface area contributed by atoms with E-state index in [1.807, 2.05) is 79.7 Å². The van der Waals surface area contributed by atoms with E-state index < -0.39 is 17.8 Å². The average Bonchev–Trinajstić information content (AvgIpc) is 3.23. The molecule has 3 aromatic carbocycles. The Morgan fingerprint density at radius 3 is 2.37 bits per heavy atom. The van der Waals surface area contributed by atoms with Gasteiger partial charge in [0.15, 0.2) is 4.80 Å². The molecule has 6 nitrogen and oxygen atoms in total. The van der Waals surface area contributed by atoms with Crippen molar-refractivity contribution in [2.75, 3.05) is 25.6 Å². The van der Waals surface area contributed by atoms with Crippen LogP contribution in [0.5, 0.6) is 0 Å². The Morgan fingerprint density at radius 2 is 1.74 bits per heavy atom. The number of anilines is 1. The van der Waals surface area contributed by atoms with Crippen LogP contribution in [-0.4, -0.2) is 31.2 Å². The Labute approximate surface area is 223 Å². The Hall–Kier alpha value is -4.30.